The van der Waals surface area contributed by atoms with Crippen LogP contribution >= 0.6 is 23.1 Å². The maximum absolute atomic E-state index is 5.92. The lowest BCUT2D eigenvalue weighted by atomic mass is 10.3. The van der Waals surface area contributed by atoms with Gasteiger partial charge in [0.05, 0.1) is 0 Å². The minimum absolute atomic E-state index is 0.224. The zero-order chi connectivity index (χ0) is 14.2. The zero-order valence-electron chi connectivity index (χ0n) is 10.7. The maximum atomic E-state index is 5.92. The lowest BCUT2D eigenvalue weighted by molar-refractivity contribution is 0.205. The van der Waals surface area contributed by atoms with Crippen molar-refractivity contribution < 1.29 is 9.26 Å². The van der Waals surface area contributed by atoms with Gasteiger partial charge >= 0.3 is 0 Å². The lowest BCUT2D eigenvalue weighted by Crippen LogP contribution is -2.16. The summed E-state index contributed by atoms with van der Waals surface area (Å²) in [6.07, 6.45) is -0.224. The summed E-state index contributed by atoms with van der Waals surface area (Å²) in [5.41, 5.74) is 6.21. The molecule has 0 saturated carbocycles. The van der Waals surface area contributed by atoms with E-state index in [2.05, 4.69) is 15.1 Å². The molecule has 2 N–H and O–H groups in total. The summed E-state index contributed by atoms with van der Waals surface area (Å²) in [7, 11) is 0. The van der Waals surface area contributed by atoms with Crippen LogP contribution in [-0.2, 0) is 0 Å². The van der Waals surface area contributed by atoms with Crippen molar-refractivity contribution in [3.05, 3.63) is 35.5 Å². The van der Waals surface area contributed by atoms with Gasteiger partial charge in [-0.15, -0.1) is 23.1 Å². The van der Waals surface area contributed by atoms with Crippen molar-refractivity contribution in [3.8, 4) is 17.3 Å². The van der Waals surface area contributed by atoms with Crippen LogP contribution in [0.25, 0.3) is 11.6 Å². The average Bonchev–Trinajstić information content (AvgIpc) is 3.15. The van der Waals surface area contributed by atoms with E-state index in [1.807, 2.05) is 24.3 Å². The Bertz CT molecular complexity index is 786. The summed E-state index contributed by atoms with van der Waals surface area (Å²) < 4.78 is 11.2. The molecule has 0 saturated heterocycles. The van der Waals surface area contributed by atoms with Crippen LogP contribution in [-0.4, -0.2) is 20.9 Å². The van der Waals surface area contributed by atoms with Gasteiger partial charge in [0.15, 0.2) is 11.2 Å². The molecule has 106 valence electrons. The van der Waals surface area contributed by atoms with Crippen molar-refractivity contribution in [1.82, 2.24) is 15.1 Å². The van der Waals surface area contributed by atoms with Crippen LogP contribution in [0.1, 0.15) is 11.9 Å². The van der Waals surface area contributed by atoms with Crippen LogP contribution in [0, 0.1) is 0 Å². The van der Waals surface area contributed by atoms with Crippen molar-refractivity contribution in [1.29, 1.82) is 0 Å². The first-order valence-electron chi connectivity index (χ1n) is 6.23. The number of hydrogen-bond donors (Lipinski definition) is 1. The molecule has 0 amide bonds. The van der Waals surface area contributed by atoms with Crippen molar-refractivity contribution in [2.75, 3.05) is 11.5 Å². The molecule has 6 nitrogen and oxygen atoms in total. The summed E-state index contributed by atoms with van der Waals surface area (Å²) in [5, 5.41) is 6.26. The number of anilines is 1. The first-order chi connectivity index (χ1) is 10.3. The van der Waals surface area contributed by atoms with Crippen molar-refractivity contribution in [2.45, 2.75) is 11.0 Å². The highest BCUT2D eigenvalue weighted by molar-refractivity contribution is 7.99. The highest BCUT2D eigenvalue weighted by Gasteiger charge is 2.26. The van der Waals surface area contributed by atoms with Crippen molar-refractivity contribution >= 4 is 28.2 Å². The lowest BCUT2D eigenvalue weighted by Gasteiger charge is -2.22. The quantitative estimate of drug-likeness (QED) is 0.777. The third-order valence-electron chi connectivity index (χ3n) is 2.98. The number of nitrogens with zero attached hydrogens (tertiary/aromatic N) is 3. The number of thiazole rings is 1. The smallest absolute Gasteiger partial charge is 0.277 e. The number of thioether (sulfide) groups is 1. The third kappa shape index (κ3) is 2.36. The normalized spacial score (nSPS) is 17.2. The topological polar surface area (TPSA) is 87.1 Å². The van der Waals surface area contributed by atoms with E-state index in [0.717, 1.165) is 16.4 Å². The molecule has 21 heavy (non-hydrogen) atoms. The van der Waals surface area contributed by atoms with E-state index in [1.54, 1.807) is 17.1 Å². The van der Waals surface area contributed by atoms with E-state index in [1.165, 1.54) is 11.3 Å². The number of nitrogen functional groups attached to an aromatic ring is 1. The van der Waals surface area contributed by atoms with Gasteiger partial charge in [-0.05, 0) is 12.1 Å². The van der Waals surface area contributed by atoms with E-state index in [4.69, 9.17) is 15.0 Å². The summed E-state index contributed by atoms with van der Waals surface area (Å²) >= 11 is 3.06. The van der Waals surface area contributed by atoms with Crippen LogP contribution in [0.15, 0.2) is 39.1 Å². The van der Waals surface area contributed by atoms with Crippen molar-refractivity contribution in [3.63, 3.8) is 0 Å². The van der Waals surface area contributed by atoms with E-state index in [0.29, 0.717) is 22.5 Å². The molecule has 0 aliphatic carbocycles. The number of rotatable bonds is 2. The molecule has 0 radical (unpaired) electrons. The molecule has 3 heterocycles. The van der Waals surface area contributed by atoms with Gasteiger partial charge in [0.2, 0.25) is 5.82 Å². The molecule has 1 aliphatic heterocycles. The molecule has 0 spiro atoms. The number of para-hydroxylation sites is 1. The Morgan fingerprint density at radius 2 is 2.14 bits per heavy atom. The zero-order valence-corrected chi connectivity index (χ0v) is 12.4. The highest BCUT2D eigenvalue weighted by atomic mass is 32.2. The molecule has 4 rings (SSSR count). The number of nitrogens with two attached hydrogens (primary N) is 1. The second-order valence-corrected chi connectivity index (χ2v) is 6.34. The van der Waals surface area contributed by atoms with Gasteiger partial charge in [0.1, 0.15) is 11.4 Å². The number of aromatic nitrogens is 3. The molecule has 2 aromatic heterocycles. The second-order valence-electron chi connectivity index (χ2n) is 4.39. The van der Waals surface area contributed by atoms with Gasteiger partial charge in [0, 0.05) is 16.0 Å². The monoisotopic (exact) mass is 318 g/mol. The third-order valence-corrected chi connectivity index (χ3v) is 4.77. The van der Waals surface area contributed by atoms with Crippen LogP contribution in [0.2, 0.25) is 0 Å². The molecule has 1 aromatic carbocycles. The Labute approximate surface area is 128 Å². The molecule has 0 fully saturated rings. The predicted octanol–water partition coefficient (Wildman–Crippen LogP) is 3.00. The minimum atomic E-state index is -0.224. The van der Waals surface area contributed by atoms with Gasteiger partial charge in [-0.3, -0.25) is 0 Å². The van der Waals surface area contributed by atoms with Gasteiger partial charge < -0.3 is 15.0 Å². The Balaban J connectivity index is 1.60. The van der Waals surface area contributed by atoms with Gasteiger partial charge in [-0.1, -0.05) is 17.3 Å². The number of benzene rings is 1. The van der Waals surface area contributed by atoms with E-state index < -0.39 is 0 Å². The van der Waals surface area contributed by atoms with E-state index >= 15 is 0 Å². The van der Waals surface area contributed by atoms with Crippen LogP contribution < -0.4 is 10.5 Å². The van der Waals surface area contributed by atoms with Gasteiger partial charge in [-0.25, -0.2) is 4.98 Å². The van der Waals surface area contributed by atoms with Crippen LogP contribution in [0.3, 0.4) is 0 Å². The van der Waals surface area contributed by atoms with Crippen molar-refractivity contribution in [2.24, 2.45) is 0 Å². The first kappa shape index (κ1) is 12.7. The van der Waals surface area contributed by atoms with Gasteiger partial charge in [0.25, 0.3) is 5.89 Å². The Morgan fingerprint density at radius 1 is 1.24 bits per heavy atom. The largest absolute Gasteiger partial charge is 0.480 e. The molecular formula is C13H10N4O2S2. The SMILES string of the molecule is Nc1nc(-c2nc(C3CSc4ccccc4O3)no2)cs1. The fraction of sp³-hybridized carbons (Fsp3) is 0.154. The van der Waals surface area contributed by atoms with Crippen LogP contribution in [0.5, 0.6) is 5.75 Å². The predicted molar refractivity (Wildman–Crippen MR) is 80.4 cm³/mol. The van der Waals surface area contributed by atoms with E-state index in [9.17, 15) is 0 Å². The second kappa shape index (κ2) is 5.05. The maximum Gasteiger partial charge on any atom is 0.277 e. The Hall–Kier alpha value is -2.06. The summed E-state index contributed by atoms with van der Waals surface area (Å²) in [6, 6.07) is 7.92. The molecular weight excluding hydrogens is 308 g/mol. The fourth-order valence-electron chi connectivity index (χ4n) is 2.00. The number of fused-ring (bicyclic) bond motifs is 1. The first-order valence-corrected chi connectivity index (χ1v) is 8.09. The molecule has 1 unspecified atom stereocenters. The van der Waals surface area contributed by atoms with E-state index in [-0.39, 0.29) is 6.10 Å². The molecule has 0 bridgehead atoms. The summed E-state index contributed by atoms with van der Waals surface area (Å²) in [5.74, 6) is 2.49. The van der Waals surface area contributed by atoms with Crippen LogP contribution in [0.4, 0.5) is 5.13 Å². The van der Waals surface area contributed by atoms with Gasteiger partial charge in [-0.2, -0.15) is 4.98 Å². The standard InChI is InChI=1S/C13H10N4O2S2/c14-13-15-7(5-21-13)12-16-11(17-19-12)9-6-20-10-4-2-1-3-8(10)18-9/h1-5,9H,6H2,(H2,14,15). The minimum Gasteiger partial charge on any atom is -0.480 e. The molecule has 1 aliphatic rings. The Kier molecular flexibility index (Phi) is 3.04. The number of hydrogen-bond acceptors (Lipinski definition) is 8. The fourth-order valence-corrected chi connectivity index (χ4v) is 3.52. The number of ether oxygens (including phenoxy) is 1. The average molecular weight is 318 g/mol. The summed E-state index contributed by atoms with van der Waals surface area (Å²) in [4.78, 5) is 9.62. The molecule has 1 atom stereocenters. The highest BCUT2D eigenvalue weighted by Crippen LogP contribution is 2.39. The molecule has 8 heteroatoms. The Morgan fingerprint density at radius 3 is 3.00 bits per heavy atom. The molecule has 3 aromatic rings. The summed E-state index contributed by atoms with van der Waals surface area (Å²) in [6.45, 7) is 0.